The second kappa shape index (κ2) is 8.31. The van der Waals surface area contributed by atoms with E-state index in [1.807, 2.05) is 24.4 Å². The van der Waals surface area contributed by atoms with E-state index in [0.29, 0.717) is 25.9 Å². The van der Waals surface area contributed by atoms with Crippen LogP contribution in [0.15, 0.2) is 6.07 Å². The number of hydrogen-bond acceptors (Lipinski definition) is 4. The normalized spacial score (nSPS) is 25.1. The van der Waals surface area contributed by atoms with Crippen molar-refractivity contribution in [2.45, 2.75) is 70.4 Å². The summed E-state index contributed by atoms with van der Waals surface area (Å²) in [4.78, 5) is 18.5. The molecule has 1 atom stereocenters. The third-order valence-corrected chi connectivity index (χ3v) is 7.00. The molecule has 1 amide bonds. The van der Waals surface area contributed by atoms with Crippen molar-refractivity contribution in [2.24, 2.45) is 5.92 Å². The number of nitrogens with zero attached hydrogens (tertiary/aromatic N) is 4. The minimum Gasteiger partial charge on any atom is -0.453 e. The molecule has 4 rings (SSSR count). The summed E-state index contributed by atoms with van der Waals surface area (Å²) in [7, 11) is 1.39. The summed E-state index contributed by atoms with van der Waals surface area (Å²) in [6.45, 7) is 5.20. The van der Waals surface area contributed by atoms with Gasteiger partial charge in [0.2, 0.25) is 0 Å². The summed E-state index contributed by atoms with van der Waals surface area (Å²) in [6.07, 6.45) is -1.36. The molecule has 1 aliphatic carbocycles. The van der Waals surface area contributed by atoms with Gasteiger partial charge >= 0.3 is 12.3 Å². The zero-order valence-electron chi connectivity index (χ0n) is 18.2. The molecule has 0 aromatic carbocycles. The molecule has 9 heteroatoms. The number of aryl methyl sites for hydroxylation is 1. The van der Waals surface area contributed by atoms with Crippen LogP contribution in [0.4, 0.5) is 18.0 Å². The van der Waals surface area contributed by atoms with E-state index in [1.165, 1.54) is 7.11 Å². The Morgan fingerprint density at radius 1 is 1.13 bits per heavy atom. The van der Waals surface area contributed by atoms with Gasteiger partial charge in [0, 0.05) is 36.7 Å². The molecule has 0 N–H and O–H groups in total. The summed E-state index contributed by atoms with van der Waals surface area (Å²) in [5.74, 6) is -1.08. The van der Waals surface area contributed by atoms with Gasteiger partial charge in [0.25, 0.3) is 0 Å². The van der Waals surface area contributed by atoms with Gasteiger partial charge in [-0.2, -0.15) is 18.3 Å². The van der Waals surface area contributed by atoms with Gasteiger partial charge in [-0.25, -0.2) is 14.3 Å². The number of aromatic nitrogens is 3. The number of carbonyl (C=O) groups excluding carboxylic acids is 1. The predicted molar refractivity (Wildman–Crippen MR) is 109 cm³/mol. The van der Waals surface area contributed by atoms with Crippen molar-refractivity contribution in [1.82, 2.24) is 19.5 Å². The molecule has 3 heterocycles. The average Bonchev–Trinajstić information content (AvgIpc) is 3.16. The molecule has 31 heavy (non-hydrogen) atoms. The zero-order chi connectivity index (χ0) is 22.3. The Hall–Kier alpha value is -2.32. The summed E-state index contributed by atoms with van der Waals surface area (Å²) in [5, 5.41) is 4.83. The Labute approximate surface area is 179 Å². The topological polar surface area (TPSA) is 59.7 Å². The number of fused-ring (bicyclic) bond motifs is 1. The summed E-state index contributed by atoms with van der Waals surface area (Å²) in [6, 6.07) is 1.93. The SMILES string of the molecule is COC(=O)N1CCC[C@@H](c2c(C)c(C)nc3cc(C4CCC(C(F)(F)F)CC4)nn23)C1. The lowest BCUT2D eigenvalue weighted by Crippen LogP contribution is -2.39. The standard InChI is InChI=1S/C22H29F3N4O2/c1-13-14(2)26-19-11-18(15-6-8-17(9-7-15)22(23,24)25)27-29(19)20(13)16-5-4-10-28(12-16)21(30)31-3/h11,15-17H,4-10,12H2,1-3H3/t15?,16-,17?/m1/s1. The Bertz CT molecular complexity index is 964. The smallest absolute Gasteiger partial charge is 0.409 e. The fourth-order valence-electron chi connectivity index (χ4n) is 5.14. The molecule has 2 aliphatic rings. The molecule has 2 aromatic heterocycles. The van der Waals surface area contributed by atoms with E-state index in [4.69, 9.17) is 9.84 Å². The fraction of sp³-hybridized carbons (Fsp3) is 0.682. The van der Waals surface area contributed by atoms with E-state index in [-0.39, 0.29) is 30.8 Å². The van der Waals surface area contributed by atoms with Crippen molar-refractivity contribution in [2.75, 3.05) is 20.2 Å². The number of amides is 1. The molecule has 1 saturated heterocycles. The Morgan fingerprint density at radius 2 is 1.84 bits per heavy atom. The highest BCUT2D eigenvalue weighted by molar-refractivity contribution is 5.67. The molecule has 170 valence electrons. The van der Waals surface area contributed by atoms with E-state index in [1.54, 1.807) is 4.90 Å². The van der Waals surface area contributed by atoms with Gasteiger partial charge in [-0.3, -0.25) is 0 Å². The maximum absolute atomic E-state index is 13.0. The van der Waals surface area contributed by atoms with Crippen LogP contribution in [0.1, 0.15) is 73.0 Å². The van der Waals surface area contributed by atoms with Crippen LogP contribution in [-0.2, 0) is 4.74 Å². The highest BCUT2D eigenvalue weighted by atomic mass is 19.4. The summed E-state index contributed by atoms with van der Waals surface area (Å²) >= 11 is 0. The summed E-state index contributed by atoms with van der Waals surface area (Å²) < 4.78 is 45.9. The average molecular weight is 438 g/mol. The van der Waals surface area contributed by atoms with Crippen molar-refractivity contribution < 1.29 is 22.7 Å². The number of piperidine rings is 1. The number of methoxy groups -OCH3 is 1. The first-order chi connectivity index (χ1) is 14.7. The van der Waals surface area contributed by atoms with Crippen molar-refractivity contribution in [3.63, 3.8) is 0 Å². The number of likely N-dealkylation sites (tertiary alicyclic amines) is 1. The molecule has 0 spiro atoms. The molecule has 1 aliphatic heterocycles. The first kappa shape index (κ1) is 21.9. The van der Waals surface area contributed by atoms with Gasteiger partial charge in [-0.1, -0.05) is 0 Å². The first-order valence-corrected chi connectivity index (χ1v) is 11.0. The molecule has 2 fully saturated rings. The minimum atomic E-state index is -4.11. The molecule has 0 bridgehead atoms. The van der Waals surface area contributed by atoms with E-state index in [0.717, 1.165) is 41.1 Å². The largest absolute Gasteiger partial charge is 0.453 e. The third kappa shape index (κ3) is 4.23. The molecular weight excluding hydrogens is 409 g/mol. The molecule has 6 nitrogen and oxygen atoms in total. The van der Waals surface area contributed by atoms with Crippen LogP contribution in [0.2, 0.25) is 0 Å². The van der Waals surface area contributed by atoms with E-state index in [9.17, 15) is 18.0 Å². The zero-order valence-corrected chi connectivity index (χ0v) is 18.2. The molecule has 0 radical (unpaired) electrons. The van der Waals surface area contributed by atoms with Gasteiger partial charge in [0.1, 0.15) is 0 Å². The van der Waals surface area contributed by atoms with Crippen LogP contribution < -0.4 is 0 Å². The molecule has 2 aromatic rings. The van der Waals surface area contributed by atoms with Crippen molar-refractivity contribution >= 4 is 11.7 Å². The minimum absolute atomic E-state index is 0.0201. The third-order valence-electron chi connectivity index (χ3n) is 7.00. The van der Waals surface area contributed by atoms with Gasteiger partial charge in [0.15, 0.2) is 5.65 Å². The monoisotopic (exact) mass is 438 g/mol. The fourth-order valence-corrected chi connectivity index (χ4v) is 5.14. The van der Waals surface area contributed by atoms with Crippen LogP contribution in [0.25, 0.3) is 5.65 Å². The Kier molecular flexibility index (Phi) is 5.87. The first-order valence-electron chi connectivity index (χ1n) is 11.0. The maximum Gasteiger partial charge on any atom is 0.409 e. The number of alkyl halides is 3. The van der Waals surface area contributed by atoms with Crippen molar-refractivity contribution in [1.29, 1.82) is 0 Å². The molecule has 1 saturated carbocycles. The van der Waals surface area contributed by atoms with Crippen LogP contribution >= 0.6 is 0 Å². The van der Waals surface area contributed by atoms with Crippen molar-refractivity contribution in [3.8, 4) is 0 Å². The summed E-state index contributed by atoms with van der Waals surface area (Å²) in [5.41, 5.74) is 4.53. The Morgan fingerprint density at radius 3 is 2.48 bits per heavy atom. The van der Waals surface area contributed by atoms with Gasteiger partial charge in [-0.15, -0.1) is 0 Å². The number of halogens is 3. The van der Waals surface area contributed by atoms with Crippen molar-refractivity contribution in [3.05, 3.63) is 28.7 Å². The highest BCUT2D eigenvalue weighted by Crippen LogP contribution is 2.43. The van der Waals surface area contributed by atoms with E-state index < -0.39 is 12.1 Å². The van der Waals surface area contributed by atoms with E-state index in [2.05, 4.69) is 4.98 Å². The maximum atomic E-state index is 13.0. The second-order valence-corrected chi connectivity index (χ2v) is 8.89. The number of ether oxygens (including phenoxy) is 1. The second-order valence-electron chi connectivity index (χ2n) is 8.89. The van der Waals surface area contributed by atoms with Crippen LogP contribution in [0.3, 0.4) is 0 Å². The predicted octanol–water partition coefficient (Wildman–Crippen LogP) is 5.13. The quantitative estimate of drug-likeness (QED) is 0.652. The van der Waals surface area contributed by atoms with Gasteiger partial charge in [-0.05, 0) is 57.9 Å². The lowest BCUT2D eigenvalue weighted by Gasteiger charge is -2.32. The number of hydrogen-bond donors (Lipinski definition) is 0. The Balaban J connectivity index is 1.64. The van der Waals surface area contributed by atoms with Gasteiger partial charge < -0.3 is 9.64 Å². The lowest BCUT2D eigenvalue weighted by molar-refractivity contribution is -0.182. The van der Waals surface area contributed by atoms with E-state index >= 15 is 0 Å². The molecular formula is C22H29F3N4O2. The van der Waals surface area contributed by atoms with Crippen LogP contribution in [-0.4, -0.2) is 52.0 Å². The highest BCUT2D eigenvalue weighted by Gasteiger charge is 2.42. The van der Waals surface area contributed by atoms with Crippen LogP contribution in [0, 0.1) is 19.8 Å². The molecule has 0 unspecified atom stereocenters. The lowest BCUT2D eigenvalue weighted by atomic mass is 9.80. The number of carbonyl (C=O) groups is 1. The number of rotatable bonds is 2. The van der Waals surface area contributed by atoms with Gasteiger partial charge in [0.05, 0.1) is 24.4 Å². The van der Waals surface area contributed by atoms with Crippen LogP contribution in [0.5, 0.6) is 0 Å².